The molecule has 0 fully saturated rings. The summed E-state index contributed by atoms with van der Waals surface area (Å²) in [5.41, 5.74) is 6.39. The van der Waals surface area contributed by atoms with Crippen molar-refractivity contribution in [1.82, 2.24) is 4.98 Å². The van der Waals surface area contributed by atoms with Gasteiger partial charge in [-0.2, -0.15) is 0 Å². The first-order chi connectivity index (χ1) is 10.00. The lowest BCUT2D eigenvalue weighted by molar-refractivity contribution is 0.405. The fourth-order valence-electron chi connectivity index (χ4n) is 1.79. The van der Waals surface area contributed by atoms with Gasteiger partial charge in [-0.15, -0.1) is 0 Å². The lowest BCUT2D eigenvalue weighted by Gasteiger charge is -2.12. The summed E-state index contributed by atoms with van der Waals surface area (Å²) >= 11 is 0. The molecule has 4 N–H and O–H groups in total. The van der Waals surface area contributed by atoms with Gasteiger partial charge in [0.1, 0.15) is 16.4 Å². The maximum atomic E-state index is 12.3. The highest BCUT2D eigenvalue weighted by atomic mass is 32.2. The molecule has 0 aliphatic heterocycles. The molecule has 2 aromatic rings. The van der Waals surface area contributed by atoms with Crippen molar-refractivity contribution in [3.8, 4) is 11.5 Å². The fraction of sp³-hybridized carbons (Fsp3) is 0.231. The Hall–Kier alpha value is -2.19. The third kappa shape index (κ3) is 3.29. The van der Waals surface area contributed by atoms with Crippen molar-refractivity contribution < 1.29 is 17.9 Å². The molecule has 0 aliphatic rings. The topological polar surface area (TPSA) is 106 Å². The van der Waals surface area contributed by atoms with Gasteiger partial charge in [-0.1, -0.05) is 0 Å². The van der Waals surface area contributed by atoms with Crippen LogP contribution in [0.1, 0.15) is 5.69 Å². The van der Waals surface area contributed by atoms with Crippen molar-refractivity contribution in [3.63, 3.8) is 0 Å². The molecule has 0 spiro atoms. The third-order valence-corrected chi connectivity index (χ3v) is 4.24. The number of nitrogens with one attached hydrogen (secondary N) is 2. The Morgan fingerprint density at radius 1 is 1.24 bits per heavy atom. The molecule has 8 heteroatoms. The van der Waals surface area contributed by atoms with Crippen molar-refractivity contribution in [2.75, 3.05) is 18.9 Å². The van der Waals surface area contributed by atoms with Crippen LogP contribution in [0.5, 0.6) is 11.5 Å². The second kappa shape index (κ2) is 6.06. The van der Waals surface area contributed by atoms with Crippen LogP contribution in [0.3, 0.4) is 0 Å². The highest BCUT2D eigenvalue weighted by molar-refractivity contribution is 7.92. The van der Waals surface area contributed by atoms with E-state index in [4.69, 9.17) is 15.2 Å². The standard InChI is InChI=1S/C13H17N3O4S/c1-19-10-3-4-13(20-2)12(6-10)16-21(17,18)11-5-9(7-14)15-8-11/h3-6,8,15-16H,7,14H2,1-2H3. The number of nitrogens with two attached hydrogens (primary N) is 1. The molecule has 0 unspecified atom stereocenters. The Bertz CT molecular complexity index is 725. The number of rotatable bonds is 6. The molecule has 0 aliphatic carbocycles. The molecule has 0 bridgehead atoms. The zero-order valence-electron chi connectivity index (χ0n) is 11.7. The Morgan fingerprint density at radius 3 is 2.57 bits per heavy atom. The van der Waals surface area contributed by atoms with E-state index in [0.717, 1.165) is 0 Å². The lowest BCUT2D eigenvalue weighted by atomic mass is 10.3. The molecule has 21 heavy (non-hydrogen) atoms. The zero-order chi connectivity index (χ0) is 15.5. The van der Waals surface area contributed by atoms with Crippen molar-refractivity contribution >= 4 is 15.7 Å². The summed E-state index contributed by atoms with van der Waals surface area (Å²) < 4.78 is 37.4. The Morgan fingerprint density at radius 2 is 2.00 bits per heavy atom. The first-order valence-electron chi connectivity index (χ1n) is 6.12. The van der Waals surface area contributed by atoms with Gasteiger partial charge in [0.25, 0.3) is 10.0 Å². The molecular weight excluding hydrogens is 294 g/mol. The van der Waals surface area contributed by atoms with Crippen LogP contribution in [0.15, 0.2) is 35.4 Å². The maximum Gasteiger partial charge on any atom is 0.263 e. The molecule has 0 amide bonds. The smallest absolute Gasteiger partial charge is 0.263 e. The number of benzene rings is 1. The zero-order valence-corrected chi connectivity index (χ0v) is 12.5. The Balaban J connectivity index is 2.35. The van der Waals surface area contributed by atoms with Crippen molar-refractivity contribution in [2.24, 2.45) is 5.73 Å². The average molecular weight is 311 g/mol. The monoisotopic (exact) mass is 311 g/mol. The summed E-state index contributed by atoms with van der Waals surface area (Å²) in [7, 11) is -0.772. The largest absolute Gasteiger partial charge is 0.497 e. The van der Waals surface area contributed by atoms with Crippen molar-refractivity contribution in [3.05, 3.63) is 36.2 Å². The minimum absolute atomic E-state index is 0.104. The van der Waals surface area contributed by atoms with E-state index in [1.54, 1.807) is 18.2 Å². The summed E-state index contributed by atoms with van der Waals surface area (Å²) in [6, 6.07) is 6.33. The van der Waals surface area contributed by atoms with Gasteiger partial charge in [-0.3, -0.25) is 4.72 Å². The van der Waals surface area contributed by atoms with E-state index in [-0.39, 0.29) is 11.4 Å². The number of sulfonamides is 1. The van der Waals surface area contributed by atoms with E-state index in [1.165, 1.54) is 26.5 Å². The van der Waals surface area contributed by atoms with Crippen LogP contribution in [-0.2, 0) is 16.6 Å². The number of methoxy groups -OCH3 is 2. The number of aromatic nitrogens is 1. The van der Waals surface area contributed by atoms with E-state index in [2.05, 4.69) is 9.71 Å². The minimum atomic E-state index is -3.73. The highest BCUT2D eigenvalue weighted by Crippen LogP contribution is 2.30. The molecule has 2 rings (SSSR count). The molecular formula is C13H17N3O4S. The first-order valence-corrected chi connectivity index (χ1v) is 7.60. The van der Waals surface area contributed by atoms with E-state index in [1.807, 2.05) is 0 Å². The molecule has 0 saturated heterocycles. The van der Waals surface area contributed by atoms with Gasteiger partial charge >= 0.3 is 0 Å². The molecule has 1 aromatic heterocycles. The molecule has 0 radical (unpaired) electrons. The van der Waals surface area contributed by atoms with Crippen LogP contribution < -0.4 is 19.9 Å². The van der Waals surface area contributed by atoms with Crippen LogP contribution >= 0.6 is 0 Å². The van der Waals surface area contributed by atoms with Crippen LogP contribution in [0.4, 0.5) is 5.69 Å². The van der Waals surface area contributed by atoms with Gasteiger partial charge in [-0.25, -0.2) is 8.42 Å². The van der Waals surface area contributed by atoms with Gasteiger partial charge < -0.3 is 20.2 Å². The van der Waals surface area contributed by atoms with E-state index < -0.39 is 10.0 Å². The van der Waals surface area contributed by atoms with Gasteiger partial charge in [0.05, 0.1) is 19.9 Å². The molecule has 0 saturated carbocycles. The lowest BCUT2D eigenvalue weighted by Crippen LogP contribution is -2.13. The molecule has 0 atom stereocenters. The van der Waals surface area contributed by atoms with E-state index in [0.29, 0.717) is 22.9 Å². The summed E-state index contributed by atoms with van der Waals surface area (Å²) in [6.45, 7) is 0.234. The van der Waals surface area contributed by atoms with E-state index in [9.17, 15) is 8.42 Å². The third-order valence-electron chi connectivity index (χ3n) is 2.90. The number of H-pyrrole nitrogens is 1. The van der Waals surface area contributed by atoms with Gasteiger partial charge in [-0.05, 0) is 18.2 Å². The number of hydrogen-bond acceptors (Lipinski definition) is 5. The number of ether oxygens (including phenoxy) is 2. The number of anilines is 1. The molecule has 114 valence electrons. The van der Waals surface area contributed by atoms with Crippen LogP contribution in [0.25, 0.3) is 0 Å². The van der Waals surface area contributed by atoms with Crippen molar-refractivity contribution in [2.45, 2.75) is 11.4 Å². The normalized spacial score (nSPS) is 11.2. The van der Waals surface area contributed by atoms with Crippen LogP contribution in [-0.4, -0.2) is 27.6 Å². The second-order valence-electron chi connectivity index (χ2n) is 4.24. The summed E-state index contributed by atoms with van der Waals surface area (Å²) in [4.78, 5) is 2.90. The number of hydrogen-bond donors (Lipinski definition) is 3. The highest BCUT2D eigenvalue weighted by Gasteiger charge is 2.18. The quantitative estimate of drug-likeness (QED) is 0.745. The van der Waals surface area contributed by atoms with E-state index >= 15 is 0 Å². The number of aromatic amines is 1. The maximum absolute atomic E-state index is 12.3. The second-order valence-corrected chi connectivity index (χ2v) is 5.92. The first kappa shape index (κ1) is 15.2. The fourth-order valence-corrected chi connectivity index (χ4v) is 2.87. The average Bonchev–Trinajstić information content (AvgIpc) is 2.96. The summed E-state index contributed by atoms with van der Waals surface area (Å²) in [5, 5.41) is 0. The predicted molar refractivity (Wildman–Crippen MR) is 79.0 cm³/mol. The van der Waals surface area contributed by atoms with Gasteiger partial charge in [0.2, 0.25) is 0 Å². The van der Waals surface area contributed by atoms with Crippen LogP contribution in [0, 0.1) is 0 Å². The van der Waals surface area contributed by atoms with Gasteiger partial charge in [0, 0.05) is 24.5 Å². The molecule has 1 heterocycles. The molecule has 1 aromatic carbocycles. The Labute approximate surface area is 123 Å². The predicted octanol–water partition coefficient (Wildman–Crippen LogP) is 1.29. The summed E-state index contributed by atoms with van der Waals surface area (Å²) in [5.74, 6) is 0.916. The Kier molecular flexibility index (Phi) is 4.39. The summed E-state index contributed by atoms with van der Waals surface area (Å²) in [6.07, 6.45) is 1.39. The minimum Gasteiger partial charge on any atom is -0.497 e. The molecule has 7 nitrogen and oxygen atoms in total. The van der Waals surface area contributed by atoms with Crippen molar-refractivity contribution in [1.29, 1.82) is 0 Å². The SMILES string of the molecule is COc1ccc(OC)c(NS(=O)(=O)c2c[nH]c(CN)c2)c1. The van der Waals surface area contributed by atoms with Crippen LogP contribution in [0.2, 0.25) is 0 Å². The van der Waals surface area contributed by atoms with Gasteiger partial charge in [0.15, 0.2) is 0 Å².